The first-order valence-corrected chi connectivity index (χ1v) is 8.20. The minimum atomic E-state index is 1.18. The molecule has 0 radical (unpaired) electrons. The van der Waals surface area contributed by atoms with E-state index in [0.717, 1.165) is 0 Å². The van der Waals surface area contributed by atoms with Gasteiger partial charge in [0.15, 0.2) is 0 Å². The van der Waals surface area contributed by atoms with Crippen molar-refractivity contribution in [2.45, 2.75) is 6.92 Å². The van der Waals surface area contributed by atoms with Crippen molar-refractivity contribution in [1.29, 1.82) is 0 Å². The predicted molar refractivity (Wildman–Crippen MR) is 102 cm³/mol. The molecule has 2 aromatic heterocycles. The van der Waals surface area contributed by atoms with Crippen molar-refractivity contribution in [2.24, 2.45) is 0 Å². The summed E-state index contributed by atoms with van der Waals surface area (Å²) in [6.45, 7) is 2.12. The summed E-state index contributed by atoms with van der Waals surface area (Å²) in [6, 6.07) is 27.8. The van der Waals surface area contributed by atoms with Gasteiger partial charge in [-0.3, -0.25) is 0 Å². The number of hydrogen-bond acceptors (Lipinski definition) is 1. The molecule has 0 N–H and O–H groups in total. The van der Waals surface area contributed by atoms with Gasteiger partial charge in [0.1, 0.15) is 0 Å². The van der Waals surface area contributed by atoms with Gasteiger partial charge in [0.2, 0.25) is 0 Å². The maximum atomic E-state index is 2.27. The normalized spacial score (nSPS) is 10.9. The van der Waals surface area contributed by atoms with Gasteiger partial charge < -0.3 is 9.30 Å². The van der Waals surface area contributed by atoms with Crippen molar-refractivity contribution in [3.8, 4) is 11.3 Å². The Balaban J connectivity index is 1.90. The van der Waals surface area contributed by atoms with E-state index in [1.165, 1.54) is 33.7 Å². The topological polar surface area (TPSA) is 7.65 Å². The Morgan fingerprint density at radius 3 is 2.25 bits per heavy atom. The van der Waals surface area contributed by atoms with Gasteiger partial charge in [0.05, 0.1) is 16.9 Å². The molecule has 0 atom stereocenters. The molecule has 2 nitrogen and oxygen atoms in total. The van der Waals surface area contributed by atoms with Gasteiger partial charge >= 0.3 is 0 Å². The molecule has 0 saturated heterocycles. The quantitative estimate of drug-likeness (QED) is 0.472. The molecule has 0 bridgehead atoms. The third kappa shape index (κ3) is 2.46. The van der Waals surface area contributed by atoms with Crippen LogP contribution in [0.1, 0.15) is 5.56 Å². The number of fused-ring (bicyclic) bond motifs is 1. The lowest BCUT2D eigenvalue weighted by molar-refractivity contribution is 1.19. The molecule has 24 heavy (non-hydrogen) atoms. The van der Waals surface area contributed by atoms with Crippen LogP contribution >= 0.6 is 0 Å². The number of anilines is 2. The average Bonchev–Trinajstić information content (AvgIpc) is 3.02. The Hall–Kier alpha value is -3.00. The van der Waals surface area contributed by atoms with Crippen LogP contribution in [-0.4, -0.2) is 11.4 Å². The summed E-state index contributed by atoms with van der Waals surface area (Å²) in [4.78, 5) is 2.24. The summed E-state index contributed by atoms with van der Waals surface area (Å²) in [7, 11) is 2.12. The summed E-state index contributed by atoms with van der Waals surface area (Å²) in [5.74, 6) is 0. The van der Waals surface area contributed by atoms with Gasteiger partial charge in [-0.1, -0.05) is 54.1 Å². The predicted octanol–water partition coefficient (Wildman–Crippen LogP) is 5.68. The lowest BCUT2D eigenvalue weighted by Crippen LogP contribution is -2.08. The number of nitrogens with zero attached hydrogens (tertiary/aromatic N) is 2. The zero-order valence-electron chi connectivity index (χ0n) is 14.0. The minimum Gasteiger partial charge on any atom is -0.343 e. The molecule has 0 fully saturated rings. The monoisotopic (exact) mass is 312 g/mol. The van der Waals surface area contributed by atoms with Gasteiger partial charge in [-0.25, -0.2) is 0 Å². The van der Waals surface area contributed by atoms with E-state index < -0.39 is 0 Å². The van der Waals surface area contributed by atoms with Crippen LogP contribution in [0.3, 0.4) is 0 Å². The third-order valence-electron chi connectivity index (χ3n) is 4.51. The molecule has 4 aromatic rings. The molecular weight excluding hydrogens is 292 g/mol. The van der Waals surface area contributed by atoms with E-state index in [2.05, 4.69) is 102 Å². The van der Waals surface area contributed by atoms with E-state index in [1.807, 2.05) is 6.07 Å². The summed E-state index contributed by atoms with van der Waals surface area (Å²) >= 11 is 0. The molecule has 0 aliphatic carbocycles. The molecular formula is C22H20N2. The number of aryl methyl sites for hydroxylation is 1. The number of aromatic nitrogens is 1. The van der Waals surface area contributed by atoms with Crippen LogP contribution in [0.15, 0.2) is 85.1 Å². The van der Waals surface area contributed by atoms with Crippen LogP contribution in [-0.2, 0) is 0 Å². The number of hydrogen-bond donors (Lipinski definition) is 0. The van der Waals surface area contributed by atoms with Gasteiger partial charge in [-0.2, -0.15) is 0 Å². The van der Waals surface area contributed by atoms with Crippen LogP contribution in [0.4, 0.5) is 11.4 Å². The Labute approximate surface area is 142 Å². The maximum Gasteiger partial charge on any atom is 0.0694 e. The Bertz CT molecular complexity index is 966. The summed E-state index contributed by atoms with van der Waals surface area (Å²) in [5.41, 5.74) is 7.32. The lowest BCUT2D eigenvalue weighted by atomic mass is 10.1. The van der Waals surface area contributed by atoms with Gasteiger partial charge in [-0.05, 0) is 42.8 Å². The molecule has 2 heterocycles. The van der Waals surface area contributed by atoms with Crippen LogP contribution in [0.5, 0.6) is 0 Å². The number of benzene rings is 2. The van der Waals surface area contributed by atoms with Gasteiger partial charge in [0.25, 0.3) is 0 Å². The molecule has 0 aliphatic heterocycles. The van der Waals surface area contributed by atoms with Gasteiger partial charge in [-0.15, -0.1) is 0 Å². The highest BCUT2D eigenvalue weighted by atomic mass is 15.1. The Kier molecular flexibility index (Phi) is 3.58. The molecule has 4 rings (SSSR count). The molecule has 2 aromatic carbocycles. The molecule has 0 spiro atoms. The maximum absolute atomic E-state index is 2.27. The first-order valence-electron chi connectivity index (χ1n) is 8.20. The van der Waals surface area contributed by atoms with E-state index in [-0.39, 0.29) is 0 Å². The SMILES string of the molecule is Cc1ccc(-c2cc(N(C)c3ccccc3)c3ccccn23)cc1. The van der Waals surface area contributed by atoms with Crippen LogP contribution in [0.2, 0.25) is 0 Å². The highest BCUT2D eigenvalue weighted by molar-refractivity contribution is 5.85. The smallest absolute Gasteiger partial charge is 0.0694 e. The molecule has 118 valence electrons. The van der Waals surface area contributed by atoms with Crippen molar-refractivity contribution in [1.82, 2.24) is 4.40 Å². The van der Waals surface area contributed by atoms with Crippen LogP contribution in [0.25, 0.3) is 16.8 Å². The standard InChI is InChI=1S/C22H20N2/c1-17-11-13-18(14-12-17)21-16-22(20-10-6-7-15-24(20)21)23(2)19-8-4-3-5-9-19/h3-16H,1-2H3. The fourth-order valence-electron chi connectivity index (χ4n) is 3.14. The van der Waals surface area contributed by atoms with E-state index in [4.69, 9.17) is 0 Å². The van der Waals surface area contributed by atoms with Crippen molar-refractivity contribution in [3.63, 3.8) is 0 Å². The van der Waals surface area contributed by atoms with Crippen molar-refractivity contribution < 1.29 is 0 Å². The average molecular weight is 312 g/mol. The summed E-state index contributed by atoms with van der Waals surface area (Å²) in [6.07, 6.45) is 2.13. The van der Waals surface area contributed by atoms with E-state index in [1.54, 1.807) is 0 Å². The second kappa shape index (κ2) is 5.89. The highest BCUT2D eigenvalue weighted by Crippen LogP contribution is 2.34. The summed E-state index contributed by atoms with van der Waals surface area (Å²) in [5, 5.41) is 0. The molecule has 0 saturated carbocycles. The highest BCUT2D eigenvalue weighted by Gasteiger charge is 2.14. The molecule has 0 unspecified atom stereocenters. The summed E-state index contributed by atoms with van der Waals surface area (Å²) < 4.78 is 2.26. The van der Waals surface area contributed by atoms with Crippen molar-refractivity contribution in [2.75, 3.05) is 11.9 Å². The zero-order chi connectivity index (χ0) is 16.5. The van der Waals surface area contributed by atoms with Crippen molar-refractivity contribution >= 4 is 16.9 Å². The number of pyridine rings is 1. The van der Waals surface area contributed by atoms with E-state index in [0.29, 0.717) is 0 Å². The van der Waals surface area contributed by atoms with E-state index in [9.17, 15) is 0 Å². The van der Waals surface area contributed by atoms with Crippen molar-refractivity contribution in [3.05, 3.63) is 90.6 Å². The third-order valence-corrected chi connectivity index (χ3v) is 4.51. The van der Waals surface area contributed by atoms with E-state index >= 15 is 0 Å². The number of para-hydroxylation sites is 1. The second-order valence-electron chi connectivity index (χ2n) is 6.13. The Morgan fingerprint density at radius 2 is 1.50 bits per heavy atom. The number of rotatable bonds is 3. The molecule has 2 heteroatoms. The van der Waals surface area contributed by atoms with Crippen LogP contribution in [0, 0.1) is 6.92 Å². The first kappa shape index (κ1) is 14.6. The molecule has 0 aliphatic rings. The lowest BCUT2D eigenvalue weighted by Gasteiger charge is -2.18. The largest absolute Gasteiger partial charge is 0.343 e. The fraction of sp³-hybridized carbons (Fsp3) is 0.0909. The van der Waals surface area contributed by atoms with Crippen LogP contribution < -0.4 is 4.90 Å². The minimum absolute atomic E-state index is 1.18. The second-order valence-corrected chi connectivity index (χ2v) is 6.13. The zero-order valence-corrected chi connectivity index (χ0v) is 14.0. The fourth-order valence-corrected chi connectivity index (χ4v) is 3.14. The van der Waals surface area contributed by atoms with Gasteiger partial charge in [0, 0.05) is 18.9 Å². The first-order chi connectivity index (χ1) is 11.7. The molecule has 0 amide bonds. The Morgan fingerprint density at radius 1 is 0.792 bits per heavy atom.